The van der Waals surface area contributed by atoms with Crippen LogP contribution in [0.25, 0.3) is 0 Å². The molecule has 2 fully saturated rings. The van der Waals surface area contributed by atoms with E-state index < -0.39 is 41.6 Å². The summed E-state index contributed by atoms with van der Waals surface area (Å²) in [5, 5.41) is 12.7. The number of benzene rings is 1. The smallest absolute Gasteiger partial charge is 0.414 e. The minimum absolute atomic E-state index is 0.0116. The van der Waals surface area contributed by atoms with Gasteiger partial charge in [-0.25, -0.2) is 9.59 Å². The van der Waals surface area contributed by atoms with Crippen molar-refractivity contribution in [1.82, 2.24) is 10.2 Å². The SMILES string of the molecule is CN(C(=O)OC1C[C@@H](C(=O)O)N(C(=O)C(NC(=O)CC2CCCCC2)C(C)(C)C)C1)c1ccccc1. The van der Waals surface area contributed by atoms with Gasteiger partial charge in [0.25, 0.3) is 0 Å². The summed E-state index contributed by atoms with van der Waals surface area (Å²) < 4.78 is 5.58. The number of hydrogen-bond donors (Lipinski definition) is 2. The molecule has 1 saturated carbocycles. The topological polar surface area (TPSA) is 116 Å². The van der Waals surface area contributed by atoms with Crippen LogP contribution in [0.3, 0.4) is 0 Å². The highest BCUT2D eigenvalue weighted by Gasteiger charge is 2.46. The average Bonchev–Trinajstić information content (AvgIpc) is 3.26. The largest absolute Gasteiger partial charge is 0.480 e. The number of nitrogens with one attached hydrogen (secondary N) is 1. The van der Waals surface area contributed by atoms with Crippen LogP contribution >= 0.6 is 0 Å². The van der Waals surface area contributed by atoms with E-state index in [1.165, 1.54) is 16.2 Å². The highest BCUT2D eigenvalue weighted by molar-refractivity contribution is 5.92. The fraction of sp³-hybridized carbons (Fsp3) is 0.630. The normalized spacial score (nSPS) is 21.5. The first kappa shape index (κ1) is 27.5. The highest BCUT2D eigenvalue weighted by Crippen LogP contribution is 2.29. The van der Waals surface area contributed by atoms with E-state index in [1.54, 1.807) is 31.3 Å². The lowest BCUT2D eigenvalue weighted by molar-refractivity contribution is -0.150. The maximum Gasteiger partial charge on any atom is 0.414 e. The third-order valence-electron chi connectivity index (χ3n) is 7.13. The predicted octanol–water partition coefficient (Wildman–Crippen LogP) is 3.81. The molecule has 9 heteroatoms. The summed E-state index contributed by atoms with van der Waals surface area (Å²) in [6, 6.07) is 6.91. The zero-order valence-electron chi connectivity index (χ0n) is 21.7. The van der Waals surface area contributed by atoms with Gasteiger partial charge in [-0.15, -0.1) is 0 Å². The summed E-state index contributed by atoms with van der Waals surface area (Å²) in [5.41, 5.74) is 0.00155. The third kappa shape index (κ3) is 6.98. The van der Waals surface area contributed by atoms with Crippen molar-refractivity contribution >= 4 is 29.6 Å². The van der Waals surface area contributed by atoms with Crippen LogP contribution in [0.2, 0.25) is 0 Å². The summed E-state index contributed by atoms with van der Waals surface area (Å²) in [6.45, 7) is 5.48. The fourth-order valence-electron chi connectivity index (χ4n) is 5.03. The van der Waals surface area contributed by atoms with E-state index in [1.807, 2.05) is 26.8 Å². The van der Waals surface area contributed by atoms with Gasteiger partial charge in [-0.2, -0.15) is 0 Å². The molecule has 3 atom stereocenters. The number of carboxylic acid groups (broad SMARTS) is 1. The zero-order valence-corrected chi connectivity index (χ0v) is 21.7. The number of rotatable bonds is 7. The van der Waals surface area contributed by atoms with Gasteiger partial charge in [-0.3, -0.25) is 14.5 Å². The molecule has 198 valence electrons. The van der Waals surface area contributed by atoms with Crippen molar-refractivity contribution < 1.29 is 29.0 Å². The van der Waals surface area contributed by atoms with Gasteiger partial charge in [0.1, 0.15) is 18.2 Å². The maximum absolute atomic E-state index is 13.6. The van der Waals surface area contributed by atoms with E-state index in [0.29, 0.717) is 18.0 Å². The summed E-state index contributed by atoms with van der Waals surface area (Å²) in [4.78, 5) is 53.7. The number of carboxylic acids is 1. The first-order valence-electron chi connectivity index (χ1n) is 12.8. The average molecular weight is 502 g/mol. The third-order valence-corrected chi connectivity index (χ3v) is 7.13. The van der Waals surface area contributed by atoms with Crippen LogP contribution in [0.5, 0.6) is 0 Å². The molecule has 0 radical (unpaired) electrons. The number of ether oxygens (including phenoxy) is 1. The summed E-state index contributed by atoms with van der Waals surface area (Å²) in [6.07, 6.45) is 4.42. The van der Waals surface area contributed by atoms with E-state index in [-0.39, 0.29) is 18.9 Å². The molecule has 3 amide bonds. The van der Waals surface area contributed by atoms with Gasteiger partial charge in [0.2, 0.25) is 11.8 Å². The van der Waals surface area contributed by atoms with E-state index in [4.69, 9.17) is 4.74 Å². The quantitative estimate of drug-likeness (QED) is 0.587. The van der Waals surface area contributed by atoms with Gasteiger partial charge < -0.3 is 20.1 Å². The molecule has 1 heterocycles. The van der Waals surface area contributed by atoms with Crippen molar-refractivity contribution in [2.24, 2.45) is 11.3 Å². The Bertz CT molecular complexity index is 939. The van der Waals surface area contributed by atoms with Crippen molar-refractivity contribution in [3.63, 3.8) is 0 Å². The standard InChI is InChI=1S/C27H39N3O6/c1-27(2,3)23(28-22(31)15-18-11-7-5-8-12-18)24(32)30-17-20(16-21(30)25(33)34)36-26(35)29(4)19-13-9-6-10-14-19/h6,9-10,13-14,18,20-21,23H,5,7-8,11-12,15-17H2,1-4H3,(H,28,31)(H,33,34)/t20?,21-,23?/m0/s1. The van der Waals surface area contributed by atoms with Gasteiger partial charge in [-0.1, -0.05) is 58.2 Å². The van der Waals surface area contributed by atoms with Gasteiger partial charge in [0, 0.05) is 25.6 Å². The van der Waals surface area contributed by atoms with Crippen LogP contribution in [0.4, 0.5) is 10.5 Å². The number of amides is 3. The highest BCUT2D eigenvalue weighted by atomic mass is 16.6. The number of carbonyl (C=O) groups excluding carboxylic acids is 3. The van der Waals surface area contributed by atoms with E-state index >= 15 is 0 Å². The fourth-order valence-corrected chi connectivity index (χ4v) is 5.03. The Morgan fingerprint density at radius 1 is 1.11 bits per heavy atom. The molecule has 2 unspecified atom stereocenters. The van der Waals surface area contributed by atoms with Crippen molar-refractivity contribution in [1.29, 1.82) is 0 Å². The van der Waals surface area contributed by atoms with Crippen LogP contribution in [0, 0.1) is 11.3 Å². The molecule has 1 aliphatic heterocycles. The number of carbonyl (C=O) groups is 4. The molecule has 1 aromatic carbocycles. The molecule has 1 aromatic rings. The molecule has 0 aromatic heterocycles. The van der Waals surface area contributed by atoms with Gasteiger partial charge in [0.15, 0.2) is 0 Å². The van der Waals surface area contributed by atoms with Gasteiger partial charge in [0.05, 0.1) is 6.54 Å². The number of para-hydroxylation sites is 1. The van der Waals surface area contributed by atoms with Crippen LogP contribution < -0.4 is 10.2 Å². The number of likely N-dealkylation sites (tertiary alicyclic amines) is 1. The van der Waals surface area contributed by atoms with Crippen molar-refractivity contribution in [2.75, 3.05) is 18.5 Å². The number of hydrogen-bond acceptors (Lipinski definition) is 5. The second kappa shape index (κ2) is 11.8. The van der Waals surface area contributed by atoms with Crippen molar-refractivity contribution in [3.05, 3.63) is 30.3 Å². The lowest BCUT2D eigenvalue weighted by atomic mass is 9.84. The lowest BCUT2D eigenvalue weighted by Crippen LogP contribution is -2.57. The monoisotopic (exact) mass is 501 g/mol. The number of anilines is 1. The summed E-state index contributed by atoms with van der Waals surface area (Å²) >= 11 is 0. The molecule has 2 aliphatic rings. The Morgan fingerprint density at radius 2 is 1.75 bits per heavy atom. The van der Waals surface area contributed by atoms with E-state index in [0.717, 1.165) is 25.7 Å². The molecule has 1 aliphatic carbocycles. The Labute approximate surface area is 213 Å². The molecule has 0 spiro atoms. The van der Waals surface area contributed by atoms with E-state index in [2.05, 4.69) is 5.32 Å². The zero-order chi connectivity index (χ0) is 26.5. The van der Waals surface area contributed by atoms with Crippen molar-refractivity contribution in [2.45, 2.75) is 83.9 Å². The number of nitrogens with zero attached hydrogens (tertiary/aromatic N) is 2. The maximum atomic E-state index is 13.6. The minimum atomic E-state index is -1.17. The summed E-state index contributed by atoms with van der Waals surface area (Å²) in [5.74, 6) is -1.51. The Hall–Kier alpha value is -3.10. The molecule has 36 heavy (non-hydrogen) atoms. The Balaban J connectivity index is 1.69. The second-order valence-corrected chi connectivity index (χ2v) is 11.1. The summed E-state index contributed by atoms with van der Waals surface area (Å²) in [7, 11) is 1.57. The van der Waals surface area contributed by atoms with Crippen LogP contribution in [-0.2, 0) is 19.1 Å². The predicted molar refractivity (Wildman–Crippen MR) is 135 cm³/mol. The molecule has 9 nitrogen and oxygen atoms in total. The first-order chi connectivity index (χ1) is 17.0. The first-order valence-corrected chi connectivity index (χ1v) is 12.8. The second-order valence-electron chi connectivity index (χ2n) is 11.1. The van der Waals surface area contributed by atoms with Gasteiger partial charge >= 0.3 is 12.1 Å². The van der Waals surface area contributed by atoms with E-state index in [9.17, 15) is 24.3 Å². The molecule has 0 bridgehead atoms. The van der Waals surface area contributed by atoms with Crippen LogP contribution in [0.1, 0.15) is 65.7 Å². The van der Waals surface area contributed by atoms with Crippen LogP contribution in [0.15, 0.2) is 30.3 Å². The Morgan fingerprint density at radius 3 is 2.33 bits per heavy atom. The molecule has 3 rings (SSSR count). The molecular formula is C27H39N3O6. The van der Waals surface area contributed by atoms with Gasteiger partial charge in [-0.05, 0) is 36.3 Å². The number of aliphatic carboxylic acids is 1. The lowest BCUT2D eigenvalue weighted by Gasteiger charge is -2.35. The molecule has 2 N–H and O–H groups in total. The van der Waals surface area contributed by atoms with Crippen LogP contribution in [-0.4, -0.2) is 65.7 Å². The molecule has 1 saturated heterocycles. The minimum Gasteiger partial charge on any atom is -0.480 e. The van der Waals surface area contributed by atoms with Crippen molar-refractivity contribution in [3.8, 4) is 0 Å². The molecular weight excluding hydrogens is 462 g/mol. The Kier molecular flexibility index (Phi) is 8.98.